The standard InChI is InChI=1S/C15H19N3S/c1-10-8-19-9-13(10)15-17-7-12-5-11(6-16-2)3-4-14(12)18-15/h7-9,11,16H,3-6H2,1-2H3. The molecular weight excluding hydrogens is 254 g/mol. The zero-order valence-electron chi connectivity index (χ0n) is 11.4. The van der Waals surface area contributed by atoms with Crippen LogP contribution in [0.3, 0.4) is 0 Å². The van der Waals surface area contributed by atoms with Crippen LogP contribution in [-0.2, 0) is 12.8 Å². The van der Waals surface area contributed by atoms with Gasteiger partial charge >= 0.3 is 0 Å². The van der Waals surface area contributed by atoms with Crippen LogP contribution >= 0.6 is 11.3 Å². The van der Waals surface area contributed by atoms with Gasteiger partial charge in [0.1, 0.15) is 0 Å². The summed E-state index contributed by atoms with van der Waals surface area (Å²) in [7, 11) is 2.02. The molecule has 0 amide bonds. The number of nitrogens with one attached hydrogen (secondary N) is 1. The number of aryl methyl sites for hydroxylation is 2. The molecule has 4 heteroatoms. The zero-order chi connectivity index (χ0) is 13.2. The molecule has 0 fully saturated rings. The molecule has 1 aliphatic rings. The number of nitrogens with zero attached hydrogens (tertiary/aromatic N) is 2. The highest BCUT2D eigenvalue weighted by Crippen LogP contribution is 2.28. The Morgan fingerprint density at radius 2 is 2.32 bits per heavy atom. The van der Waals surface area contributed by atoms with Crippen molar-refractivity contribution in [3.05, 3.63) is 33.8 Å². The predicted octanol–water partition coefficient (Wildman–Crippen LogP) is 2.84. The van der Waals surface area contributed by atoms with Crippen LogP contribution in [-0.4, -0.2) is 23.6 Å². The molecule has 100 valence electrons. The van der Waals surface area contributed by atoms with E-state index >= 15 is 0 Å². The highest BCUT2D eigenvalue weighted by Gasteiger charge is 2.20. The summed E-state index contributed by atoms with van der Waals surface area (Å²) in [4.78, 5) is 9.35. The molecule has 19 heavy (non-hydrogen) atoms. The molecule has 1 aliphatic carbocycles. The van der Waals surface area contributed by atoms with Crippen molar-refractivity contribution in [2.75, 3.05) is 13.6 Å². The molecule has 1 unspecified atom stereocenters. The Morgan fingerprint density at radius 3 is 3.05 bits per heavy atom. The van der Waals surface area contributed by atoms with Gasteiger partial charge in [-0.3, -0.25) is 0 Å². The van der Waals surface area contributed by atoms with Crippen molar-refractivity contribution >= 4 is 11.3 Å². The normalized spacial score (nSPS) is 18.3. The first-order valence-corrected chi connectivity index (χ1v) is 7.74. The molecule has 0 aromatic carbocycles. The second-order valence-electron chi connectivity index (χ2n) is 5.30. The van der Waals surface area contributed by atoms with Crippen molar-refractivity contribution in [1.82, 2.24) is 15.3 Å². The van der Waals surface area contributed by atoms with E-state index in [1.54, 1.807) is 11.3 Å². The van der Waals surface area contributed by atoms with Gasteiger partial charge in [-0.05, 0) is 62.2 Å². The van der Waals surface area contributed by atoms with Gasteiger partial charge in [0.2, 0.25) is 0 Å². The molecule has 2 heterocycles. The van der Waals surface area contributed by atoms with E-state index in [0.29, 0.717) is 0 Å². The maximum atomic E-state index is 4.79. The number of aromatic nitrogens is 2. The average Bonchev–Trinajstić information content (AvgIpc) is 2.85. The predicted molar refractivity (Wildman–Crippen MR) is 79.5 cm³/mol. The van der Waals surface area contributed by atoms with Crippen LogP contribution in [0.15, 0.2) is 17.0 Å². The minimum Gasteiger partial charge on any atom is -0.319 e. The van der Waals surface area contributed by atoms with Gasteiger partial charge in [-0.15, -0.1) is 0 Å². The third kappa shape index (κ3) is 2.55. The molecule has 2 aromatic heterocycles. The number of hydrogen-bond donors (Lipinski definition) is 1. The van der Waals surface area contributed by atoms with E-state index in [1.165, 1.54) is 28.8 Å². The Kier molecular flexibility index (Phi) is 3.62. The van der Waals surface area contributed by atoms with Crippen molar-refractivity contribution in [3.8, 4) is 11.4 Å². The average molecular weight is 273 g/mol. The Morgan fingerprint density at radius 1 is 1.42 bits per heavy atom. The molecule has 2 aromatic rings. The first-order chi connectivity index (χ1) is 9.28. The molecule has 1 N–H and O–H groups in total. The molecule has 3 rings (SSSR count). The van der Waals surface area contributed by atoms with E-state index in [-0.39, 0.29) is 0 Å². The van der Waals surface area contributed by atoms with Crippen molar-refractivity contribution in [2.45, 2.75) is 26.2 Å². The van der Waals surface area contributed by atoms with Gasteiger partial charge < -0.3 is 5.32 Å². The van der Waals surface area contributed by atoms with Crippen LogP contribution < -0.4 is 5.32 Å². The van der Waals surface area contributed by atoms with Crippen LogP contribution in [0.5, 0.6) is 0 Å². The number of hydrogen-bond acceptors (Lipinski definition) is 4. The lowest BCUT2D eigenvalue weighted by atomic mass is 9.87. The van der Waals surface area contributed by atoms with Crippen molar-refractivity contribution in [2.24, 2.45) is 5.92 Å². The monoisotopic (exact) mass is 273 g/mol. The maximum Gasteiger partial charge on any atom is 0.160 e. The summed E-state index contributed by atoms with van der Waals surface area (Å²) in [5, 5.41) is 7.57. The Bertz CT molecular complexity index is 577. The molecule has 0 saturated carbocycles. The molecule has 0 saturated heterocycles. The Labute approximate surface area is 118 Å². The van der Waals surface area contributed by atoms with E-state index < -0.39 is 0 Å². The first-order valence-electron chi connectivity index (χ1n) is 6.80. The van der Waals surface area contributed by atoms with Gasteiger partial charge in [-0.2, -0.15) is 11.3 Å². The van der Waals surface area contributed by atoms with Crippen LogP contribution in [0.4, 0.5) is 0 Å². The van der Waals surface area contributed by atoms with Crippen LogP contribution in [0.1, 0.15) is 23.2 Å². The highest BCUT2D eigenvalue weighted by molar-refractivity contribution is 7.08. The number of rotatable bonds is 3. The van der Waals surface area contributed by atoms with E-state index in [0.717, 1.165) is 31.1 Å². The van der Waals surface area contributed by atoms with Crippen molar-refractivity contribution in [3.63, 3.8) is 0 Å². The second-order valence-corrected chi connectivity index (χ2v) is 6.04. The van der Waals surface area contributed by atoms with Gasteiger partial charge in [0.15, 0.2) is 5.82 Å². The SMILES string of the molecule is CNCC1CCc2nc(-c3cscc3C)ncc2C1. The summed E-state index contributed by atoms with van der Waals surface area (Å²) in [6.07, 6.45) is 5.46. The van der Waals surface area contributed by atoms with E-state index in [4.69, 9.17) is 4.98 Å². The summed E-state index contributed by atoms with van der Waals surface area (Å²) in [6, 6.07) is 0. The summed E-state index contributed by atoms with van der Waals surface area (Å²) in [5.41, 5.74) is 5.05. The van der Waals surface area contributed by atoms with Crippen LogP contribution in [0.25, 0.3) is 11.4 Å². The Balaban J connectivity index is 1.88. The maximum absolute atomic E-state index is 4.79. The van der Waals surface area contributed by atoms with E-state index in [2.05, 4.69) is 28.0 Å². The third-order valence-electron chi connectivity index (χ3n) is 3.84. The quantitative estimate of drug-likeness (QED) is 0.934. The lowest BCUT2D eigenvalue weighted by Gasteiger charge is -2.23. The summed E-state index contributed by atoms with van der Waals surface area (Å²) < 4.78 is 0. The zero-order valence-corrected chi connectivity index (χ0v) is 12.3. The topological polar surface area (TPSA) is 37.8 Å². The van der Waals surface area contributed by atoms with Crippen LogP contribution in [0, 0.1) is 12.8 Å². The fourth-order valence-corrected chi connectivity index (χ4v) is 3.59. The molecule has 3 nitrogen and oxygen atoms in total. The van der Waals surface area contributed by atoms with Crippen molar-refractivity contribution < 1.29 is 0 Å². The largest absolute Gasteiger partial charge is 0.319 e. The lowest BCUT2D eigenvalue weighted by molar-refractivity contribution is 0.434. The minimum absolute atomic E-state index is 0.731. The van der Waals surface area contributed by atoms with Gasteiger partial charge in [-0.1, -0.05) is 0 Å². The van der Waals surface area contributed by atoms with Gasteiger partial charge in [0.25, 0.3) is 0 Å². The minimum atomic E-state index is 0.731. The lowest BCUT2D eigenvalue weighted by Crippen LogP contribution is -2.25. The van der Waals surface area contributed by atoms with Gasteiger partial charge in [-0.25, -0.2) is 9.97 Å². The summed E-state index contributed by atoms with van der Waals surface area (Å²) in [5.74, 6) is 1.62. The van der Waals surface area contributed by atoms with E-state index in [9.17, 15) is 0 Å². The smallest absolute Gasteiger partial charge is 0.160 e. The summed E-state index contributed by atoms with van der Waals surface area (Å²) in [6.45, 7) is 3.21. The fourth-order valence-electron chi connectivity index (χ4n) is 2.77. The fraction of sp³-hybridized carbons (Fsp3) is 0.467. The second kappa shape index (κ2) is 5.39. The van der Waals surface area contributed by atoms with Gasteiger partial charge in [0.05, 0.1) is 0 Å². The molecular formula is C15H19N3S. The summed E-state index contributed by atoms with van der Waals surface area (Å²) >= 11 is 1.72. The van der Waals surface area contributed by atoms with Gasteiger partial charge in [0, 0.05) is 22.8 Å². The highest BCUT2D eigenvalue weighted by atomic mass is 32.1. The first kappa shape index (κ1) is 12.8. The molecule has 0 aliphatic heterocycles. The van der Waals surface area contributed by atoms with Crippen LogP contribution in [0.2, 0.25) is 0 Å². The third-order valence-corrected chi connectivity index (χ3v) is 4.70. The Hall–Kier alpha value is -1.26. The molecule has 0 radical (unpaired) electrons. The van der Waals surface area contributed by atoms with E-state index in [1.807, 2.05) is 13.2 Å². The molecule has 0 bridgehead atoms. The molecule has 0 spiro atoms. The number of thiophene rings is 1. The molecule has 1 atom stereocenters. The van der Waals surface area contributed by atoms with Crippen molar-refractivity contribution in [1.29, 1.82) is 0 Å². The number of fused-ring (bicyclic) bond motifs is 1.